The van der Waals surface area contributed by atoms with Gasteiger partial charge in [-0.2, -0.15) is 0 Å². The zero-order valence-corrected chi connectivity index (χ0v) is 18.7. The normalized spacial score (nSPS) is 13.0. The number of hydrogen-bond donors (Lipinski definition) is 1. The van der Waals surface area contributed by atoms with E-state index in [0.717, 1.165) is 41.4 Å². The van der Waals surface area contributed by atoms with Gasteiger partial charge in [0.2, 0.25) is 0 Å². The Morgan fingerprint density at radius 3 is 2.90 bits per heavy atom. The highest BCUT2D eigenvalue weighted by Crippen LogP contribution is 2.37. The molecule has 0 amide bonds. The molecule has 0 spiro atoms. The molecule has 0 aliphatic rings. The van der Waals surface area contributed by atoms with Crippen LogP contribution >= 0.6 is 11.3 Å². The van der Waals surface area contributed by atoms with Crippen molar-refractivity contribution >= 4 is 28.7 Å². The van der Waals surface area contributed by atoms with Gasteiger partial charge in [-0.1, -0.05) is 38.7 Å². The molecular formula is C23H31N5S. The summed E-state index contributed by atoms with van der Waals surface area (Å²) in [5.41, 5.74) is 9.30. The van der Waals surface area contributed by atoms with Crippen molar-refractivity contribution in [2.45, 2.75) is 39.5 Å². The van der Waals surface area contributed by atoms with Crippen molar-refractivity contribution in [1.29, 1.82) is 0 Å². The molecule has 6 heteroatoms. The van der Waals surface area contributed by atoms with E-state index >= 15 is 0 Å². The smallest absolute Gasteiger partial charge is 0.150 e. The SMILES string of the molecule is C=C/C=C\c1cc(-c2nc(C(C)CCN(C)CCC)n3ccnc(N)c23)sc1C. The number of nitrogens with zero attached hydrogens (tertiary/aromatic N) is 4. The summed E-state index contributed by atoms with van der Waals surface area (Å²) in [6, 6.07) is 2.18. The molecule has 3 aromatic heterocycles. The van der Waals surface area contributed by atoms with Gasteiger partial charge in [0.15, 0.2) is 0 Å². The molecule has 2 N–H and O–H groups in total. The van der Waals surface area contributed by atoms with Crippen molar-refractivity contribution in [2.24, 2.45) is 0 Å². The number of hydrogen-bond acceptors (Lipinski definition) is 5. The lowest BCUT2D eigenvalue weighted by molar-refractivity contribution is 0.319. The van der Waals surface area contributed by atoms with Gasteiger partial charge >= 0.3 is 0 Å². The molecule has 3 heterocycles. The Morgan fingerprint density at radius 2 is 2.17 bits per heavy atom. The van der Waals surface area contributed by atoms with Crippen LogP contribution in [0.5, 0.6) is 0 Å². The second-order valence-corrected chi connectivity index (χ2v) is 8.82. The zero-order valence-electron chi connectivity index (χ0n) is 17.9. The van der Waals surface area contributed by atoms with Gasteiger partial charge in [-0.25, -0.2) is 9.97 Å². The molecule has 154 valence electrons. The minimum Gasteiger partial charge on any atom is -0.382 e. The molecule has 0 saturated carbocycles. The lowest BCUT2D eigenvalue weighted by atomic mass is 10.1. The Morgan fingerprint density at radius 1 is 1.38 bits per heavy atom. The molecule has 29 heavy (non-hydrogen) atoms. The van der Waals surface area contributed by atoms with Gasteiger partial charge < -0.3 is 10.6 Å². The van der Waals surface area contributed by atoms with Crippen molar-refractivity contribution in [3.05, 3.63) is 53.5 Å². The second kappa shape index (κ2) is 9.37. The van der Waals surface area contributed by atoms with E-state index in [1.807, 2.05) is 12.3 Å². The molecular weight excluding hydrogens is 378 g/mol. The van der Waals surface area contributed by atoms with Crippen LogP contribution in [0.15, 0.2) is 37.2 Å². The first-order chi connectivity index (χ1) is 14.0. The maximum atomic E-state index is 6.29. The second-order valence-electron chi connectivity index (χ2n) is 7.56. The molecule has 1 unspecified atom stereocenters. The fraction of sp³-hybridized carbons (Fsp3) is 0.391. The fourth-order valence-electron chi connectivity index (χ4n) is 3.59. The molecule has 3 aromatic rings. The molecule has 0 aromatic carbocycles. The summed E-state index contributed by atoms with van der Waals surface area (Å²) in [7, 11) is 2.18. The molecule has 0 radical (unpaired) electrons. The maximum Gasteiger partial charge on any atom is 0.150 e. The number of rotatable bonds is 9. The number of allylic oxidation sites excluding steroid dienone is 2. The van der Waals surface area contributed by atoms with E-state index < -0.39 is 0 Å². The van der Waals surface area contributed by atoms with E-state index in [0.29, 0.717) is 11.7 Å². The van der Waals surface area contributed by atoms with Gasteiger partial charge in [0.25, 0.3) is 0 Å². The molecule has 0 aliphatic heterocycles. The number of aromatic nitrogens is 3. The van der Waals surface area contributed by atoms with Crippen LogP contribution in [0.25, 0.3) is 22.2 Å². The van der Waals surface area contributed by atoms with Gasteiger partial charge in [-0.3, -0.25) is 4.40 Å². The van der Waals surface area contributed by atoms with E-state index in [1.54, 1.807) is 23.6 Å². The summed E-state index contributed by atoms with van der Waals surface area (Å²) in [5, 5.41) is 0. The quantitative estimate of drug-likeness (QED) is 0.482. The highest BCUT2D eigenvalue weighted by molar-refractivity contribution is 7.15. The first-order valence-electron chi connectivity index (χ1n) is 10.2. The number of nitrogens with two attached hydrogens (primary N) is 1. The lowest BCUT2D eigenvalue weighted by Gasteiger charge is -2.18. The van der Waals surface area contributed by atoms with Crippen molar-refractivity contribution in [1.82, 2.24) is 19.3 Å². The fourth-order valence-corrected chi connectivity index (χ4v) is 4.59. The Bertz CT molecular complexity index is 1010. The van der Waals surface area contributed by atoms with E-state index in [9.17, 15) is 0 Å². The van der Waals surface area contributed by atoms with Crippen LogP contribution in [0.3, 0.4) is 0 Å². The van der Waals surface area contributed by atoms with Gasteiger partial charge in [0.1, 0.15) is 22.9 Å². The van der Waals surface area contributed by atoms with Crippen molar-refractivity contribution < 1.29 is 0 Å². The summed E-state index contributed by atoms with van der Waals surface area (Å²) >= 11 is 1.74. The molecule has 3 rings (SSSR count). The third-order valence-electron chi connectivity index (χ3n) is 5.20. The molecule has 0 fully saturated rings. The molecule has 0 aliphatic carbocycles. The summed E-state index contributed by atoms with van der Waals surface area (Å²) in [6.07, 6.45) is 11.8. The first kappa shape index (κ1) is 21.3. The highest BCUT2D eigenvalue weighted by atomic mass is 32.1. The monoisotopic (exact) mass is 409 g/mol. The van der Waals surface area contributed by atoms with E-state index in [2.05, 4.69) is 60.8 Å². The number of fused-ring (bicyclic) bond motifs is 1. The van der Waals surface area contributed by atoms with Crippen LogP contribution in [-0.4, -0.2) is 39.4 Å². The third kappa shape index (κ3) is 4.60. The predicted octanol–water partition coefficient (Wildman–Crippen LogP) is 5.38. The van der Waals surface area contributed by atoms with Crippen LogP contribution in [0.4, 0.5) is 5.82 Å². The van der Waals surface area contributed by atoms with E-state index in [4.69, 9.17) is 10.7 Å². The van der Waals surface area contributed by atoms with Crippen molar-refractivity contribution in [3.8, 4) is 10.6 Å². The van der Waals surface area contributed by atoms with Crippen LogP contribution in [-0.2, 0) is 0 Å². The van der Waals surface area contributed by atoms with Crippen LogP contribution in [0.1, 0.15) is 48.9 Å². The summed E-state index contributed by atoms with van der Waals surface area (Å²) < 4.78 is 2.12. The van der Waals surface area contributed by atoms with Crippen LogP contribution in [0.2, 0.25) is 0 Å². The first-order valence-corrected chi connectivity index (χ1v) is 11.0. The van der Waals surface area contributed by atoms with Crippen LogP contribution in [0, 0.1) is 6.92 Å². The van der Waals surface area contributed by atoms with E-state index in [-0.39, 0.29) is 0 Å². The third-order valence-corrected chi connectivity index (χ3v) is 6.27. The number of thiophene rings is 1. The Kier molecular flexibility index (Phi) is 6.87. The number of aryl methyl sites for hydroxylation is 1. The summed E-state index contributed by atoms with van der Waals surface area (Å²) in [4.78, 5) is 14.1. The summed E-state index contributed by atoms with van der Waals surface area (Å²) in [6.45, 7) is 12.5. The largest absolute Gasteiger partial charge is 0.382 e. The van der Waals surface area contributed by atoms with E-state index in [1.165, 1.54) is 16.9 Å². The Hall–Kier alpha value is -2.44. The summed E-state index contributed by atoms with van der Waals surface area (Å²) in [5.74, 6) is 1.88. The molecule has 1 atom stereocenters. The van der Waals surface area contributed by atoms with Gasteiger partial charge in [-0.05, 0) is 51.5 Å². The maximum absolute atomic E-state index is 6.29. The van der Waals surface area contributed by atoms with Crippen molar-refractivity contribution in [3.63, 3.8) is 0 Å². The number of imidazole rings is 1. The van der Waals surface area contributed by atoms with Crippen molar-refractivity contribution in [2.75, 3.05) is 25.9 Å². The number of anilines is 1. The highest BCUT2D eigenvalue weighted by Gasteiger charge is 2.21. The lowest BCUT2D eigenvalue weighted by Crippen LogP contribution is -2.22. The average Bonchev–Trinajstić information content (AvgIpc) is 3.26. The number of nitrogen functional groups attached to an aromatic ring is 1. The molecule has 0 saturated heterocycles. The zero-order chi connectivity index (χ0) is 21.0. The van der Waals surface area contributed by atoms with Gasteiger partial charge in [0, 0.05) is 23.2 Å². The molecule has 5 nitrogen and oxygen atoms in total. The minimum absolute atomic E-state index is 0.318. The Balaban J connectivity index is 2.01. The standard InChI is InChI=1S/C23H31N5S/c1-6-8-9-18-15-19(29-17(18)4)20-21-22(24)25-11-14-28(21)23(26-20)16(3)10-13-27(5)12-7-2/h6,8-9,11,14-16H,1,7,10,12-13H2,2-5H3,(H2,24,25)/b9-8-. The Labute approximate surface area is 177 Å². The van der Waals surface area contributed by atoms with Crippen LogP contribution < -0.4 is 5.73 Å². The van der Waals surface area contributed by atoms with Gasteiger partial charge in [-0.15, -0.1) is 11.3 Å². The van der Waals surface area contributed by atoms with Gasteiger partial charge in [0.05, 0.1) is 4.88 Å². The average molecular weight is 410 g/mol. The topological polar surface area (TPSA) is 59.5 Å². The molecule has 0 bridgehead atoms. The predicted molar refractivity (Wildman–Crippen MR) is 126 cm³/mol. The minimum atomic E-state index is 0.318.